The molecule has 6 saturated carbocycles. The largest absolute Gasteiger partial charge is 0.376 e. The van der Waals surface area contributed by atoms with Gasteiger partial charge < -0.3 is 4.74 Å². The molecule has 0 N–H and O–H groups in total. The quantitative estimate of drug-likeness (QED) is 0.265. The summed E-state index contributed by atoms with van der Waals surface area (Å²) in [7, 11) is 0. The second kappa shape index (κ2) is 11.1. The molecule has 0 amide bonds. The fraction of sp³-hybridized carbons (Fsp3) is 0.956. The maximum Gasteiger partial charge on any atom is 0.0686 e. The van der Waals surface area contributed by atoms with Crippen LogP contribution in [0.3, 0.4) is 0 Å². The molecule has 0 radical (unpaired) electrons. The number of ether oxygens (including phenoxy) is 1. The molecule has 1 heteroatoms. The molecule has 6 fully saturated rings. The Morgan fingerprint density at radius 3 is 1.24 bits per heavy atom. The van der Waals surface area contributed by atoms with Crippen LogP contribution in [0.5, 0.6) is 0 Å². The van der Waals surface area contributed by atoms with Gasteiger partial charge in [-0.15, -0.1) is 0 Å². The van der Waals surface area contributed by atoms with Gasteiger partial charge in [0, 0.05) is 10.8 Å². The fourth-order valence-corrected chi connectivity index (χ4v) is 17.2. The maximum absolute atomic E-state index is 7.45. The molecule has 1 nitrogen and oxygen atoms in total. The summed E-state index contributed by atoms with van der Waals surface area (Å²) in [5.74, 6) is 1.67. The second-order valence-corrected chi connectivity index (χ2v) is 21.2. The molecule has 0 aromatic carbocycles. The van der Waals surface area contributed by atoms with Crippen LogP contribution in [0.4, 0.5) is 0 Å². The molecule has 0 bridgehead atoms. The SMILES string of the molecule is CC1(C2CC3=C(COCC3(C3(C)CCCC3)C3(C)CCCC3)C(C3(C)CCCC3)(C3(C)CCCC3)C2C2(C)CCCC2)CCCC1. The van der Waals surface area contributed by atoms with Crippen LogP contribution in [0.1, 0.15) is 202 Å². The van der Waals surface area contributed by atoms with Gasteiger partial charge in [0.2, 0.25) is 0 Å². The first-order chi connectivity index (χ1) is 21.9. The first kappa shape index (κ1) is 32.9. The number of rotatable bonds is 6. The molecule has 0 spiro atoms. The molecule has 1 aliphatic heterocycles. The molecule has 0 aromatic heterocycles. The second-order valence-electron chi connectivity index (χ2n) is 21.2. The third-order valence-electron chi connectivity index (χ3n) is 19.1. The van der Waals surface area contributed by atoms with Gasteiger partial charge in [-0.25, -0.2) is 0 Å². The van der Waals surface area contributed by atoms with Crippen LogP contribution in [0.25, 0.3) is 0 Å². The van der Waals surface area contributed by atoms with Crippen molar-refractivity contribution in [3.63, 3.8) is 0 Å². The highest BCUT2D eigenvalue weighted by Gasteiger charge is 2.75. The smallest absolute Gasteiger partial charge is 0.0686 e. The lowest BCUT2D eigenvalue weighted by molar-refractivity contribution is -0.198. The van der Waals surface area contributed by atoms with E-state index >= 15 is 0 Å². The minimum Gasteiger partial charge on any atom is -0.376 e. The van der Waals surface area contributed by atoms with E-state index < -0.39 is 0 Å². The highest BCUT2D eigenvalue weighted by Crippen LogP contribution is 2.82. The molecular weight excluding hydrogens is 556 g/mol. The lowest BCUT2D eigenvalue weighted by Gasteiger charge is -2.73. The molecule has 0 aromatic rings. The predicted molar refractivity (Wildman–Crippen MR) is 194 cm³/mol. The Hall–Kier alpha value is -0.300. The van der Waals surface area contributed by atoms with E-state index in [0.717, 1.165) is 25.0 Å². The van der Waals surface area contributed by atoms with Gasteiger partial charge in [0.25, 0.3) is 0 Å². The summed E-state index contributed by atoms with van der Waals surface area (Å²) >= 11 is 0. The first-order valence-electron chi connectivity index (χ1n) is 21.2. The third-order valence-corrected chi connectivity index (χ3v) is 19.1. The normalized spacial score (nSPS) is 38.0. The van der Waals surface area contributed by atoms with Gasteiger partial charge in [0.1, 0.15) is 0 Å². The Bertz CT molecular complexity index is 1120. The Kier molecular flexibility index (Phi) is 7.93. The maximum atomic E-state index is 7.45. The summed E-state index contributed by atoms with van der Waals surface area (Å²) in [5.41, 5.74) is 7.13. The molecule has 2 atom stereocenters. The van der Waals surface area contributed by atoms with Crippen LogP contribution in [0.15, 0.2) is 11.1 Å². The predicted octanol–water partition coefficient (Wildman–Crippen LogP) is 13.4. The van der Waals surface area contributed by atoms with E-state index in [1.54, 1.807) is 0 Å². The summed E-state index contributed by atoms with van der Waals surface area (Å²) < 4.78 is 7.45. The highest BCUT2D eigenvalue weighted by atomic mass is 16.5. The van der Waals surface area contributed by atoms with Crippen molar-refractivity contribution in [3.8, 4) is 0 Å². The van der Waals surface area contributed by atoms with E-state index in [1.807, 2.05) is 5.57 Å². The summed E-state index contributed by atoms with van der Waals surface area (Å²) in [6.45, 7) is 19.2. The lowest BCUT2D eigenvalue weighted by Crippen LogP contribution is -2.68. The van der Waals surface area contributed by atoms with Crippen molar-refractivity contribution in [3.05, 3.63) is 11.1 Å². The van der Waals surface area contributed by atoms with Crippen LogP contribution in [0.2, 0.25) is 0 Å². The Morgan fingerprint density at radius 1 is 0.435 bits per heavy atom. The molecule has 46 heavy (non-hydrogen) atoms. The third kappa shape index (κ3) is 4.14. The van der Waals surface area contributed by atoms with Gasteiger partial charge in [-0.3, -0.25) is 0 Å². The summed E-state index contributed by atoms with van der Waals surface area (Å²) in [5, 5.41) is 0. The average molecular weight is 631 g/mol. The zero-order chi connectivity index (χ0) is 32.1. The van der Waals surface area contributed by atoms with Crippen molar-refractivity contribution in [2.75, 3.05) is 13.2 Å². The van der Waals surface area contributed by atoms with Gasteiger partial charge in [0.15, 0.2) is 0 Å². The van der Waals surface area contributed by atoms with Crippen molar-refractivity contribution < 1.29 is 4.74 Å². The fourth-order valence-electron chi connectivity index (χ4n) is 17.2. The first-order valence-corrected chi connectivity index (χ1v) is 21.2. The van der Waals surface area contributed by atoms with Crippen molar-refractivity contribution in [2.24, 2.45) is 55.2 Å². The Balaban J connectivity index is 1.50. The standard InChI is InChI=1S/C45H74O/c1-38(19-7-8-20-38)35-31-34-36(32-46-33-44(34,40(3)23-11-12-24-40)41(4)25-13-14-26-41)45(42(5)27-15-16-28-42,43(6)29-17-18-30-43)37(35)39(2)21-9-10-22-39/h35,37H,7-33H2,1-6H3. The lowest BCUT2D eigenvalue weighted by atomic mass is 9.31. The molecule has 7 aliphatic carbocycles. The van der Waals surface area contributed by atoms with E-state index in [0.29, 0.717) is 32.5 Å². The minimum absolute atomic E-state index is 0.227. The topological polar surface area (TPSA) is 9.23 Å². The molecular formula is C45H74O. The van der Waals surface area contributed by atoms with Crippen molar-refractivity contribution in [1.82, 2.24) is 0 Å². The zero-order valence-corrected chi connectivity index (χ0v) is 31.7. The molecule has 2 unspecified atom stereocenters. The minimum atomic E-state index is 0.227. The summed E-state index contributed by atoms with van der Waals surface area (Å²) in [4.78, 5) is 0. The average Bonchev–Trinajstić information content (AvgIpc) is 3.87. The van der Waals surface area contributed by atoms with Gasteiger partial charge >= 0.3 is 0 Å². The van der Waals surface area contributed by atoms with E-state index in [9.17, 15) is 0 Å². The van der Waals surface area contributed by atoms with Gasteiger partial charge in [-0.1, -0.05) is 124 Å². The van der Waals surface area contributed by atoms with Crippen LogP contribution in [0, 0.1) is 55.2 Å². The van der Waals surface area contributed by atoms with Gasteiger partial charge in [-0.05, 0) is 133 Å². The molecule has 260 valence electrons. The van der Waals surface area contributed by atoms with Crippen molar-refractivity contribution in [1.29, 1.82) is 0 Å². The van der Waals surface area contributed by atoms with Gasteiger partial charge in [0.05, 0.1) is 13.2 Å². The summed E-state index contributed by atoms with van der Waals surface area (Å²) in [6, 6.07) is 0. The van der Waals surface area contributed by atoms with E-state index in [1.165, 1.54) is 161 Å². The number of hydrogen-bond acceptors (Lipinski definition) is 1. The molecule has 8 rings (SSSR count). The van der Waals surface area contributed by atoms with Crippen LogP contribution >= 0.6 is 0 Å². The van der Waals surface area contributed by atoms with E-state index in [-0.39, 0.29) is 10.8 Å². The summed E-state index contributed by atoms with van der Waals surface area (Å²) in [6.07, 6.45) is 36.6. The van der Waals surface area contributed by atoms with Crippen molar-refractivity contribution >= 4 is 0 Å². The molecule has 8 aliphatic rings. The van der Waals surface area contributed by atoms with E-state index in [4.69, 9.17) is 4.74 Å². The van der Waals surface area contributed by atoms with E-state index in [2.05, 4.69) is 47.1 Å². The highest BCUT2D eigenvalue weighted by molar-refractivity contribution is 5.45. The Labute approximate surface area is 285 Å². The number of hydrogen-bond donors (Lipinski definition) is 0. The Morgan fingerprint density at radius 2 is 0.804 bits per heavy atom. The van der Waals surface area contributed by atoms with Crippen LogP contribution in [-0.4, -0.2) is 13.2 Å². The van der Waals surface area contributed by atoms with Crippen LogP contribution in [-0.2, 0) is 4.74 Å². The molecule has 0 saturated heterocycles. The van der Waals surface area contributed by atoms with Gasteiger partial charge in [-0.2, -0.15) is 0 Å². The zero-order valence-electron chi connectivity index (χ0n) is 31.7. The molecule has 1 heterocycles. The van der Waals surface area contributed by atoms with Crippen molar-refractivity contribution in [2.45, 2.75) is 202 Å². The monoisotopic (exact) mass is 631 g/mol. The van der Waals surface area contributed by atoms with Crippen LogP contribution < -0.4 is 0 Å².